The largest absolute Gasteiger partial charge is 0.463 e. The zero-order valence-corrected chi connectivity index (χ0v) is 21.4. The van der Waals surface area contributed by atoms with E-state index in [9.17, 15) is 20.1 Å². The highest BCUT2D eigenvalue weighted by atomic mass is 17.1. The van der Waals surface area contributed by atoms with Gasteiger partial charge >= 0.3 is 5.97 Å². The van der Waals surface area contributed by atoms with Gasteiger partial charge in [-0.3, -0.25) is 15.2 Å². The maximum Gasteiger partial charge on any atom is 0.305 e. The molecular formula is C27H43NO9. The number of ether oxygens (including phenoxy) is 2. The standard InChI is InChI=1S/C27H43NO9/c29-22(13-12-21-8-4-3-5-9-21)14-15-24-23(25(30)20-26(24)31)10-6-1-2-7-11-27(32)36-18-16-35-17-19-37-28(33)34/h1,3-6,8-9,22-26,29-31,33-34H,2,7,10-20H2/b6-1-/t22-,23+,24+,25-,26+/m0/s1. The van der Waals surface area contributed by atoms with Crippen molar-refractivity contribution in [3.8, 4) is 0 Å². The average Bonchev–Trinajstić information content (AvgIpc) is 3.15. The van der Waals surface area contributed by atoms with Crippen molar-refractivity contribution in [2.24, 2.45) is 11.8 Å². The van der Waals surface area contributed by atoms with E-state index in [-0.39, 0.29) is 50.7 Å². The molecule has 1 aliphatic carbocycles. The summed E-state index contributed by atoms with van der Waals surface area (Å²) in [5.74, 6) is -0.396. The Morgan fingerprint density at radius 2 is 1.73 bits per heavy atom. The minimum atomic E-state index is -0.556. The van der Waals surface area contributed by atoms with Gasteiger partial charge in [0.1, 0.15) is 6.61 Å². The molecule has 1 fully saturated rings. The van der Waals surface area contributed by atoms with Gasteiger partial charge in [-0.25, -0.2) is 4.84 Å². The normalized spacial score (nSPS) is 22.6. The Labute approximate surface area is 218 Å². The van der Waals surface area contributed by atoms with Gasteiger partial charge in [-0.2, -0.15) is 0 Å². The number of hydrogen-bond acceptors (Lipinski definition) is 10. The van der Waals surface area contributed by atoms with E-state index in [4.69, 9.17) is 19.9 Å². The van der Waals surface area contributed by atoms with Gasteiger partial charge in [0, 0.05) is 6.42 Å². The van der Waals surface area contributed by atoms with Crippen molar-refractivity contribution in [1.29, 1.82) is 0 Å². The predicted molar refractivity (Wildman–Crippen MR) is 134 cm³/mol. The van der Waals surface area contributed by atoms with Crippen LogP contribution in [0.1, 0.15) is 56.9 Å². The number of hydrogen-bond donors (Lipinski definition) is 5. The third-order valence-corrected chi connectivity index (χ3v) is 6.72. The van der Waals surface area contributed by atoms with E-state index in [1.807, 2.05) is 30.4 Å². The molecule has 5 atom stereocenters. The summed E-state index contributed by atoms with van der Waals surface area (Å²) in [5, 5.41) is 47.6. The van der Waals surface area contributed by atoms with E-state index in [0.717, 1.165) is 6.42 Å². The fraction of sp³-hybridized carbons (Fsp3) is 0.667. The SMILES string of the molecule is O=C(CCC/C=C\C[C@@H]1[C@@H](CC[C@@H](O)CCc2ccccc2)[C@H](O)C[C@@H]1O)OCCOCCON(O)O. The number of unbranched alkanes of at least 4 members (excludes halogenated alkanes) is 1. The van der Waals surface area contributed by atoms with Crippen LogP contribution in [0.2, 0.25) is 0 Å². The first-order chi connectivity index (χ1) is 17.9. The highest BCUT2D eigenvalue weighted by Crippen LogP contribution is 2.38. The molecule has 10 nitrogen and oxygen atoms in total. The first-order valence-electron chi connectivity index (χ1n) is 13.1. The second kappa shape index (κ2) is 18.4. The molecule has 1 aliphatic rings. The van der Waals surface area contributed by atoms with Crippen LogP contribution in [-0.4, -0.2) is 81.8 Å². The number of carbonyl (C=O) groups excluding carboxylic acids is 1. The second-order valence-electron chi connectivity index (χ2n) is 9.47. The molecule has 5 N–H and O–H groups in total. The van der Waals surface area contributed by atoms with Gasteiger partial charge in [0.25, 0.3) is 0 Å². The first kappa shape index (κ1) is 31.3. The van der Waals surface area contributed by atoms with E-state index in [0.29, 0.717) is 44.9 Å². The lowest BCUT2D eigenvalue weighted by Crippen LogP contribution is -2.23. The van der Waals surface area contributed by atoms with Crippen molar-refractivity contribution < 1.29 is 44.8 Å². The minimum Gasteiger partial charge on any atom is -0.463 e. The van der Waals surface area contributed by atoms with Crippen LogP contribution in [0.4, 0.5) is 0 Å². The van der Waals surface area contributed by atoms with Gasteiger partial charge in [-0.1, -0.05) is 42.5 Å². The highest BCUT2D eigenvalue weighted by Gasteiger charge is 2.40. The maximum absolute atomic E-state index is 11.8. The van der Waals surface area contributed by atoms with E-state index in [1.165, 1.54) is 5.56 Å². The number of allylic oxidation sites excluding steroid dienone is 2. The molecule has 210 valence electrons. The molecule has 1 aromatic rings. The van der Waals surface area contributed by atoms with Crippen LogP contribution in [-0.2, 0) is 25.5 Å². The van der Waals surface area contributed by atoms with Gasteiger partial charge in [-0.05, 0) is 68.8 Å². The molecule has 1 aromatic carbocycles. The molecule has 0 heterocycles. The van der Waals surface area contributed by atoms with E-state index in [1.54, 1.807) is 0 Å². The van der Waals surface area contributed by atoms with Gasteiger partial charge < -0.3 is 24.8 Å². The molecule has 10 heteroatoms. The summed E-state index contributed by atoms with van der Waals surface area (Å²) in [6.07, 6.45) is 7.88. The zero-order valence-electron chi connectivity index (χ0n) is 21.4. The van der Waals surface area contributed by atoms with Crippen molar-refractivity contribution in [2.45, 2.75) is 76.1 Å². The lowest BCUT2D eigenvalue weighted by atomic mass is 9.85. The van der Waals surface area contributed by atoms with Crippen molar-refractivity contribution in [2.75, 3.05) is 26.4 Å². The number of carbonyl (C=O) groups is 1. The Hall–Kier alpha value is -1.89. The fourth-order valence-electron chi connectivity index (χ4n) is 4.72. The zero-order chi connectivity index (χ0) is 26.9. The lowest BCUT2D eigenvalue weighted by molar-refractivity contribution is -0.493. The Morgan fingerprint density at radius 3 is 2.49 bits per heavy atom. The van der Waals surface area contributed by atoms with Crippen molar-refractivity contribution in [1.82, 2.24) is 5.39 Å². The smallest absolute Gasteiger partial charge is 0.305 e. The van der Waals surface area contributed by atoms with E-state index >= 15 is 0 Å². The van der Waals surface area contributed by atoms with Crippen LogP contribution < -0.4 is 0 Å². The Kier molecular flexibility index (Phi) is 15.6. The van der Waals surface area contributed by atoms with Crippen LogP contribution in [0.25, 0.3) is 0 Å². The number of rotatable bonds is 19. The maximum atomic E-state index is 11.8. The minimum absolute atomic E-state index is 0.0401. The van der Waals surface area contributed by atoms with Gasteiger partial charge in [0.05, 0.1) is 43.5 Å². The summed E-state index contributed by atoms with van der Waals surface area (Å²) in [7, 11) is 0. The van der Waals surface area contributed by atoms with Gasteiger partial charge in [0.2, 0.25) is 0 Å². The summed E-state index contributed by atoms with van der Waals surface area (Å²) >= 11 is 0. The Morgan fingerprint density at radius 1 is 1.00 bits per heavy atom. The molecule has 0 bridgehead atoms. The lowest BCUT2D eigenvalue weighted by Gasteiger charge is -2.23. The molecule has 2 rings (SSSR count). The molecule has 0 saturated heterocycles. The fourth-order valence-corrected chi connectivity index (χ4v) is 4.72. The van der Waals surface area contributed by atoms with Crippen molar-refractivity contribution >= 4 is 5.97 Å². The topological polar surface area (TPSA) is 149 Å². The van der Waals surface area contributed by atoms with E-state index in [2.05, 4.69) is 17.0 Å². The Bertz CT molecular complexity index is 762. The number of benzene rings is 1. The third kappa shape index (κ3) is 13.5. The summed E-state index contributed by atoms with van der Waals surface area (Å²) in [6.45, 7) is 0.386. The van der Waals surface area contributed by atoms with E-state index < -0.39 is 23.7 Å². The molecule has 1 saturated carbocycles. The molecule has 0 radical (unpaired) electrons. The van der Waals surface area contributed by atoms with Crippen LogP contribution in [0.5, 0.6) is 0 Å². The average molecular weight is 526 g/mol. The molecule has 0 unspecified atom stereocenters. The first-order valence-corrected chi connectivity index (χ1v) is 13.1. The molecule has 37 heavy (non-hydrogen) atoms. The van der Waals surface area contributed by atoms with Crippen LogP contribution >= 0.6 is 0 Å². The number of aliphatic hydroxyl groups is 3. The summed E-state index contributed by atoms with van der Waals surface area (Å²) in [4.78, 5) is 16.1. The van der Waals surface area contributed by atoms with Crippen LogP contribution in [0, 0.1) is 11.8 Å². The Balaban J connectivity index is 1.57. The number of esters is 1. The third-order valence-electron chi connectivity index (χ3n) is 6.72. The summed E-state index contributed by atoms with van der Waals surface area (Å²) < 4.78 is 10.2. The summed E-state index contributed by atoms with van der Waals surface area (Å²) in [6, 6.07) is 10.1. The van der Waals surface area contributed by atoms with Gasteiger partial charge in [0.15, 0.2) is 0 Å². The predicted octanol–water partition coefficient (Wildman–Crippen LogP) is 2.81. The molecule has 0 aromatic heterocycles. The van der Waals surface area contributed by atoms with Crippen LogP contribution in [0.3, 0.4) is 0 Å². The second-order valence-corrected chi connectivity index (χ2v) is 9.47. The van der Waals surface area contributed by atoms with Gasteiger partial charge in [-0.15, -0.1) is 0 Å². The number of aliphatic hydroxyl groups excluding tert-OH is 3. The number of aryl methyl sites for hydroxylation is 1. The molecule has 0 aliphatic heterocycles. The van der Waals surface area contributed by atoms with Crippen LogP contribution in [0.15, 0.2) is 42.5 Å². The summed E-state index contributed by atoms with van der Waals surface area (Å²) in [5.41, 5.74) is 1.20. The highest BCUT2D eigenvalue weighted by molar-refractivity contribution is 5.69. The quantitative estimate of drug-likeness (QED) is 0.0790. The van der Waals surface area contributed by atoms with Crippen molar-refractivity contribution in [3.63, 3.8) is 0 Å². The number of nitrogens with zero attached hydrogens (tertiary/aromatic N) is 1. The van der Waals surface area contributed by atoms with Crippen molar-refractivity contribution in [3.05, 3.63) is 48.0 Å². The monoisotopic (exact) mass is 525 g/mol. The molecule has 0 spiro atoms. The molecular weight excluding hydrogens is 482 g/mol. The molecule has 0 amide bonds.